The molecule has 0 atom stereocenters. The fourth-order valence-electron chi connectivity index (χ4n) is 2.74. The van der Waals surface area contributed by atoms with E-state index >= 15 is 0 Å². The Bertz CT molecular complexity index is 1220. The molecule has 1 aromatic carbocycles. The van der Waals surface area contributed by atoms with E-state index in [1.165, 1.54) is 19.3 Å². The van der Waals surface area contributed by atoms with Gasteiger partial charge in [0.15, 0.2) is 0 Å². The van der Waals surface area contributed by atoms with Crippen molar-refractivity contribution in [3.05, 3.63) is 48.3 Å². The lowest BCUT2D eigenvalue weighted by Gasteiger charge is -2.13. The Hall–Kier alpha value is -4.29. The molecule has 0 aliphatic carbocycles. The molecule has 164 valence electrons. The number of benzene rings is 1. The van der Waals surface area contributed by atoms with Crippen molar-refractivity contribution in [1.29, 1.82) is 0 Å². The van der Waals surface area contributed by atoms with Gasteiger partial charge in [0.05, 0.1) is 6.42 Å². The topological polar surface area (TPSA) is 123 Å². The van der Waals surface area contributed by atoms with Gasteiger partial charge in [-0.3, -0.25) is 14.6 Å². The number of amides is 1. The van der Waals surface area contributed by atoms with Crippen LogP contribution >= 0.6 is 0 Å². The van der Waals surface area contributed by atoms with Gasteiger partial charge in [0.25, 0.3) is 17.8 Å². The number of halogens is 3. The largest absolute Gasteiger partial charge is 0.457 e. The first-order valence-electron chi connectivity index (χ1n) is 9.11. The van der Waals surface area contributed by atoms with Crippen LogP contribution in [0.15, 0.2) is 47.6 Å². The highest BCUT2D eigenvalue weighted by atomic mass is 19.4. The highest BCUT2D eigenvalue weighted by molar-refractivity contribution is 6.08. The summed E-state index contributed by atoms with van der Waals surface area (Å²) < 4.78 is 45.0. The molecular weight excluding hydrogens is 431 g/mol. The molecule has 3 heterocycles. The van der Waals surface area contributed by atoms with E-state index in [2.05, 4.69) is 30.7 Å². The number of nitrogens with zero attached hydrogens (tertiary/aromatic N) is 5. The first kappa shape index (κ1) is 21.0. The van der Waals surface area contributed by atoms with Crippen LogP contribution in [0.25, 0.3) is 0 Å². The van der Waals surface area contributed by atoms with E-state index in [1.54, 1.807) is 30.3 Å². The summed E-state index contributed by atoms with van der Waals surface area (Å²) in [6, 6.07) is 9.53. The second-order valence-electron chi connectivity index (χ2n) is 6.48. The molecule has 13 heteroatoms. The van der Waals surface area contributed by atoms with Gasteiger partial charge in [0.1, 0.15) is 22.9 Å². The smallest absolute Gasteiger partial charge is 0.430 e. The molecule has 2 N–H and O–H groups in total. The van der Waals surface area contributed by atoms with Gasteiger partial charge >= 0.3 is 6.18 Å². The minimum atomic E-state index is -4.72. The average Bonchev–Trinajstić information content (AvgIpc) is 3.17. The number of hydrogen-bond acceptors (Lipinski definition) is 8. The predicted molar refractivity (Wildman–Crippen MR) is 106 cm³/mol. The summed E-state index contributed by atoms with van der Waals surface area (Å²) in [4.78, 5) is 34.8. The maximum atomic E-state index is 12.8. The van der Waals surface area contributed by atoms with Crippen LogP contribution in [0.3, 0.4) is 0 Å². The van der Waals surface area contributed by atoms with Gasteiger partial charge in [0, 0.05) is 25.0 Å². The molecule has 32 heavy (non-hydrogen) atoms. The molecule has 0 fully saturated rings. The zero-order valence-electron chi connectivity index (χ0n) is 16.3. The number of fused-ring (bicyclic) bond motifs is 1. The normalized spacial score (nSPS) is 13.2. The summed E-state index contributed by atoms with van der Waals surface area (Å²) in [5.74, 6) is -0.898. The van der Waals surface area contributed by atoms with Crippen molar-refractivity contribution in [1.82, 2.24) is 25.1 Å². The molecule has 1 aliphatic heterocycles. The lowest BCUT2D eigenvalue weighted by Crippen LogP contribution is -2.31. The van der Waals surface area contributed by atoms with Crippen molar-refractivity contribution in [2.24, 2.45) is 4.99 Å². The second-order valence-corrected chi connectivity index (χ2v) is 6.48. The fraction of sp³-hybridized carbons (Fsp3) is 0.158. The van der Waals surface area contributed by atoms with Gasteiger partial charge in [-0.05, 0) is 30.3 Å². The van der Waals surface area contributed by atoms with Crippen LogP contribution in [-0.4, -0.2) is 50.5 Å². The van der Waals surface area contributed by atoms with Gasteiger partial charge in [-0.1, -0.05) is 0 Å². The first-order chi connectivity index (χ1) is 15.2. The monoisotopic (exact) mass is 445 g/mol. The molecule has 1 amide bonds. The van der Waals surface area contributed by atoms with Crippen LogP contribution in [0.4, 0.5) is 30.8 Å². The van der Waals surface area contributed by atoms with Gasteiger partial charge in [0.2, 0.25) is 5.95 Å². The summed E-state index contributed by atoms with van der Waals surface area (Å²) in [7, 11) is 1.49. The number of rotatable bonds is 5. The van der Waals surface area contributed by atoms with E-state index in [0.29, 0.717) is 17.2 Å². The zero-order valence-corrected chi connectivity index (χ0v) is 16.3. The lowest BCUT2D eigenvalue weighted by molar-refractivity contribution is -0.0605. The molecule has 0 saturated carbocycles. The number of pyridine rings is 1. The molecule has 0 unspecified atom stereocenters. The number of aliphatic imine (C=N–C) groups is 1. The van der Waals surface area contributed by atoms with Crippen molar-refractivity contribution in [3.8, 4) is 11.5 Å². The molecule has 4 rings (SSSR count). The van der Waals surface area contributed by atoms with Crippen molar-refractivity contribution < 1.29 is 27.5 Å². The molecule has 0 spiro atoms. The second kappa shape index (κ2) is 8.09. The summed E-state index contributed by atoms with van der Waals surface area (Å²) in [6.07, 6.45) is -4.18. The number of hydrogen-bond donors (Lipinski definition) is 2. The van der Waals surface area contributed by atoms with E-state index in [9.17, 15) is 22.8 Å². The van der Waals surface area contributed by atoms with Crippen molar-refractivity contribution in [3.63, 3.8) is 0 Å². The van der Waals surface area contributed by atoms with Crippen molar-refractivity contribution in [2.45, 2.75) is 12.6 Å². The third kappa shape index (κ3) is 4.40. The third-order valence-corrected chi connectivity index (χ3v) is 4.24. The molecule has 1 aliphatic rings. The highest BCUT2D eigenvalue weighted by Crippen LogP contribution is 2.29. The summed E-state index contributed by atoms with van der Waals surface area (Å²) >= 11 is 0. The highest BCUT2D eigenvalue weighted by Gasteiger charge is 2.40. The van der Waals surface area contributed by atoms with Crippen LogP contribution in [0.5, 0.6) is 11.5 Å². The Morgan fingerprint density at radius 2 is 1.91 bits per heavy atom. The van der Waals surface area contributed by atoms with Crippen LogP contribution in [0.1, 0.15) is 21.7 Å². The van der Waals surface area contributed by atoms with Gasteiger partial charge in [-0.2, -0.15) is 22.8 Å². The van der Waals surface area contributed by atoms with Crippen molar-refractivity contribution >= 4 is 35.1 Å². The summed E-state index contributed by atoms with van der Waals surface area (Å²) in [5.41, 5.74) is -0.524. The molecule has 0 bridgehead atoms. The van der Waals surface area contributed by atoms with E-state index in [1.807, 2.05) is 0 Å². The molecule has 3 aromatic rings. The van der Waals surface area contributed by atoms with Crippen LogP contribution in [-0.2, 0) is 0 Å². The van der Waals surface area contributed by atoms with Gasteiger partial charge < -0.3 is 15.4 Å². The number of nitrogens with one attached hydrogen (secondary N) is 2. The van der Waals surface area contributed by atoms with E-state index in [-0.39, 0.29) is 17.5 Å². The quantitative estimate of drug-likeness (QED) is 0.618. The SMILES string of the molecule is CNC(=O)c1cc(Oc2ccc(Nc3nc4n(n3)C(=O)CC(C(F)(F)F)=N4)cc2)ccn1. The Kier molecular flexibility index (Phi) is 5.30. The Labute approximate surface area is 178 Å². The number of anilines is 2. The Balaban J connectivity index is 1.47. The van der Waals surface area contributed by atoms with E-state index < -0.39 is 30.2 Å². The molecule has 2 aromatic heterocycles. The maximum absolute atomic E-state index is 12.8. The van der Waals surface area contributed by atoms with E-state index in [0.717, 1.165) is 4.68 Å². The number of alkyl halides is 3. The molecular formula is C19H14F3N7O3. The zero-order chi connectivity index (χ0) is 22.9. The van der Waals surface area contributed by atoms with Crippen LogP contribution in [0, 0.1) is 0 Å². The predicted octanol–water partition coefficient (Wildman–Crippen LogP) is 3.25. The van der Waals surface area contributed by atoms with Crippen molar-refractivity contribution in [2.75, 3.05) is 12.4 Å². The molecule has 0 saturated heterocycles. The van der Waals surface area contributed by atoms with Gasteiger partial charge in [-0.25, -0.2) is 4.99 Å². The lowest BCUT2D eigenvalue weighted by atomic mass is 10.2. The first-order valence-corrected chi connectivity index (χ1v) is 9.11. The standard InChI is InChI=1S/C19H14F3N7O3/c1-23-16(31)13-8-12(6-7-24-13)32-11-4-2-10(3-5-11)25-17-27-18-26-14(19(20,21)22)9-15(30)29(18)28-17/h2-8H,9H2,1H3,(H,23,31)(H,25,28). The molecule has 0 radical (unpaired) electrons. The average molecular weight is 445 g/mol. The number of ether oxygens (including phenoxy) is 1. The fourth-order valence-corrected chi connectivity index (χ4v) is 2.74. The number of carbonyl (C=O) groups excluding carboxylic acids is 2. The van der Waals surface area contributed by atoms with Gasteiger partial charge in [-0.15, -0.1) is 5.10 Å². The maximum Gasteiger partial charge on any atom is 0.430 e. The van der Waals surface area contributed by atoms with Crippen LogP contribution < -0.4 is 15.4 Å². The Morgan fingerprint density at radius 1 is 1.16 bits per heavy atom. The van der Waals surface area contributed by atoms with Crippen LogP contribution in [0.2, 0.25) is 0 Å². The minimum Gasteiger partial charge on any atom is -0.457 e. The Morgan fingerprint density at radius 3 is 2.59 bits per heavy atom. The minimum absolute atomic E-state index is 0.0847. The third-order valence-electron chi connectivity index (χ3n) is 4.24. The summed E-state index contributed by atoms with van der Waals surface area (Å²) in [5, 5.41) is 9.13. The number of aromatic nitrogens is 4. The van der Waals surface area contributed by atoms with E-state index in [4.69, 9.17) is 4.74 Å². The number of carbonyl (C=O) groups is 2. The summed E-state index contributed by atoms with van der Waals surface area (Å²) in [6.45, 7) is 0. The molecule has 10 nitrogen and oxygen atoms in total.